The summed E-state index contributed by atoms with van der Waals surface area (Å²) in [5.41, 5.74) is 1.46. The molecule has 0 saturated heterocycles. The number of alkyl halides is 1. The molecule has 18 heavy (non-hydrogen) atoms. The van der Waals surface area contributed by atoms with Crippen LogP contribution < -0.4 is 0 Å². The first-order chi connectivity index (χ1) is 8.70. The quantitative estimate of drug-likeness (QED) is 0.632. The molecule has 0 aliphatic heterocycles. The highest BCUT2D eigenvalue weighted by Crippen LogP contribution is 2.24. The van der Waals surface area contributed by atoms with Crippen LogP contribution in [0.2, 0.25) is 0 Å². The fourth-order valence-electron chi connectivity index (χ4n) is 2.40. The Morgan fingerprint density at radius 1 is 1.06 bits per heavy atom. The Kier molecular flexibility index (Phi) is 4.82. The topological polar surface area (TPSA) is 0 Å². The predicted octanol–water partition coefficient (Wildman–Crippen LogP) is 5.58. The first kappa shape index (κ1) is 13.6. The molecule has 0 N–H and O–H groups in total. The van der Waals surface area contributed by atoms with Gasteiger partial charge in [-0.3, -0.25) is 0 Å². The SMILES string of the molecule is CCC(C)CC(Br)Cc1cccc2ccccc12. The van der Waals surface area contributed by atoms with Gasteiger partial charge in [0.05, 0.1) is 0 Å². The van der Waals surface area contributed by atoms with E-state index in [1.807, 2.05) is 0 Å². The van der Waals surface area contributed by atoms with E-state index >= 15 is 0 Å². The smallest absolute Gasteiger partial charge is 0.0188 e. The third-order valence-electron chi connectivity index (χ3n) is 3.68. The van der Waals surface area contributed by atoms with Gasteiger partial charge in [-0.15, -0.1) is 0 Å². The van der Waals surface area contributed by atoms with Crippen LogP contribution >= 0.6 is 15.9 Å². The van der Waals surface area contributed by atoms with Gasteiger partial charge in [-0.2, -0.15) is 0 Å². The van der Waals surface area contributed by atoms with Crippen molar-refractivity contribution in [1.29, 1.82) is 0 Å². The minimum absolute atomic E-state index is 0.582. The summed E-state index contributed by atoms with van der Waals surface area (Å²) < 4.78 is 0. The average Bonchev–Trinajstić information content (AvgIpc) is 2.39. The molecule has 1 heteroatoms. The van der Waals surface area contributed by atoms with Gasteiger partial charge in [0.1, 0.15) is 0 Å². The zero-order valence-corrected chi connectivity index (χ0v) is 12.8. The Bertz CT molecular complexity index is 498. The molecule has 0 aliphatic rings. The van der Waals surface area contributed by atoms with Crippen LogP contribution in [0.5, 0.6) is 0 Å². The lowest BCUT2D eigenvalue weighted by Crippen LogP contribution is -2.08. The third kappa shape index (κ3) is 3.35. The zero-order chi connectivity index (χ0) is 13.0. The molecule has 0 amide bonds. The maximum Gasteiger partial charge on any atom is 0.0188 e. The summed E-state index contributed by atoms with van der Waals surface area (Å²) in [6, 6.07) is 15.3. The van der Waals surface area contributed by atoms with Crippen LogP contribution in [0.1, 0.15) is 32.3 Å². The van der Waals surface area contributed by atoms with Crippen LogP contribution in [0.25, 0.3) is 10.8 Å². The van der Waals surface area contributed by atoms with Crippen molar-refractivity contribution in [2.45, 2.75) is 37.9 Å². The molecule has 2 aromatic carbocycles. The van der Waals surface area contributed by atoms with Crippen molar-refractivity contribution in [1.82, 2.24) is 0 Å². The van der Waals surface area contributed by atoms with Crippen molar-refractivity contribution in [3.05, 3.63) is 48.0 Å². The molecular weight excluding hydrogens is 284 g/mol. The van der Waals surface area contributed by atoms with Crippen LogP contribution in [-0.4, -0.2) is 4.83 Å². The molecule has 2 rings (SSSR count). The molecule has 0 nitrogen and oxygen atoms in total. The number of hydrogen-bond donors (Lipinski definition) is 0. The van der Waals surface area contributed by atoms with Crippen LogP contribution in [0.3, 0.4) is 0 Å². The molecule has 2 aromatic rings. The molecule has 0 heterocycles. The van der Waals surface area contributed by atoms with Crippen LogP contribution in [0, 0.1) is 5.92 Å². The number of hydrogen-bond acceptors (Lipinski definition) is 0. The van der Waals surface area contributed by atoms with Crippen molar-refractivity contribution in [2.24, 2.45) is 5.92 Å². The van der Waals surface area contributed by atoms with Gasteiger partial charge in [-0.1, -0.05) is 78.7 Å². The number of halogens is 1. The molecular formula is C17H21Br. The minimum atomic E-state index is 0.582. The Morgan fingerprint density at radius 3 is 2.56 bits per heavy atom. The standard InChI is InChI=1S/C17H21Br/c1-3-13(2)11-16(18)12-15-9-6-8-14-7-4-5-10-17(14)15/h4-10,13,16H,3,11-12H2,1-2H3. The van der Waals surface area contributed by atoms with Gasteiger partial charge in [0.25, 0.3) is 0 Å². The maximum atomic E-state index is 3.84. The number of fused-ring (bicyclic) bond motifs is 1. The van der Waals surface area contributed by atoms with E-state index in [4.69, 9.17) is 0 Å². The zero-order valence-electron chi connectivity index (χ0n) is 11.2. The summed E-state index contributed by atoms with van der Waals surface area (Å²) in [5, 5.41) is 2.74. The largest absolute Gasteiger partial charge is 0.0887 e. The molecule has 0 radical (unpaired) electrons. The fourth-order valence-corrected chi connectivity index (χ4v) is 3.38. The molecule has 0 bridgehead atoms. The summed E-state index contributed by atoms with van der Waals surface area (Å²) in [6.45, 7) is 4.60. The van der Waals surface area contributed by atoms with Crippen molar-refractivity contribution >= 4 is 26.7 Å². The van der Waals surface area contributed by atoms with Crippen molar-refractivity contribution in [3.63, 3.8) is 0 Å². The molecule has 2 unspecified atom stereocenters. The lowest BCUT2D eigenvalue weighted by atomic mass is 9.96. The summed E-state index contributed by atoms with van der Waals surface area (Å²) in [4.78, 5) is 0.582. The first-order valence-corrected chi connectivity index (χ1v) is 7.73. The fraction of sp³-hybridized carbons (Fsp3) is 0.412. The Hall–Kier alpha value is -0.820. The molecule has 0 spiro atoms. The molecule has 0 saturated carbocycles. The van der Waals surface area contributed by atoms with E-state index in [1.54, 1.807) is 0 Å². The van der Waals surface area contributed by atoms with Crippen LogP contribution in [-0.2, 0) is 6.42 Å². The Labute approximate surface area is 119 Å². The van der Waals surface area contributed by atoms with Crippen LogP contribution in [0.15, 0.2) is 42.5 Å². The van der Waals surface area contributed by atoms with Gasteiger partial charge in [0.2, 0.25) is 0 Å². The summed E-state index contributed by atoms with van der Waals surface area (Å²) in [6.07, 6.45) is 3.63. The number of rotatable bonds is 5. The van der Waals surface area contributed by atoms with E-state index in [1.165, 1.54) is 29.2 Å². The lowest BCUT2D eigenvalue weighted by Gasteiger charge is -2.15. The predicted molar refractivity (Wildman–Crippen MR) is 84.4 cm³/mol. The lowest BCUT2D eigenvalue weighted by molar-refractivity contribution is 0.507. The van der Waals surface area contributed by atoms with Gasteiger partial charge < -0.3 is 0 Å². The van der Waals surface area contributed by atoms with Gasteiger partial charge in [-0.05, 0) is 35.1 Å². The second-order valence-corrected chi connectivity index (χ2v) is 6.48. The van der Waals surface area contributed by atoms with E-state index in [0.717, 1.165) is 12.3 Å². The molecule has 96 valence electrons. The van der Waals surface area contributed by atoms with E-state index < -0.39 is 0 Å². The number of benzene rings is 2. The normalized spacial score (nSPS) is 14.6. The summed E-state index contributed by atoms with van der Waals surface area (Å²) in [5.74, 6) is 0.796. The highest BCUT2D eigenvalue weighted by atomic mass is 79.9. The maximum absolute atomic E-state index is 3.84. The Morgan fingerprint density at radius 2 is 1.78 bits per heavy atom. The van der Waals surface area contributed by atoms with Gasteiger partial charge in [0, 0.05) is 4.83 Å². The first-order valence-electron chi connectivity index (χ1n) is 6.81. The molecule has 0 fully saturated rings. The van der Waals surface area contributed by atoms with Gasteiger partial charge in [0.15, 0.2) is 0 Å². The second kappa shape index (κ2) is 6.38. The second-order valence-electron chi connectivity index (χ2n) is 5.19. The summed E-state index contributed by atoms with van der Waals surface area (Å²) >= 11 is 3.84. The average molecular weight is 305 g/mol. The van der Waals surface area contributed by atoms with Crippen molar-refractivity contribution < 1.29 is 0 Å². The molecule has 0 aliphatic carbocycles. The van der Waals surface area contributed by atoms with E-state index in [0.29, 0.717) is 4.83 Å². The van der Waals surface area contributed by atoms with E-state index in [-0.39, 0.29) is 0 Å². The third-order valence-corrected chi connectivity index (χ3v) is 4.37. The van der Waals surface area contributed by atoms with Gasteiger partial charge in [-0.25, -0.2) is 0 Å². The molecule has 0 aromatic heterocycles. The highest BCUT2D eigenvalue weighted by Gasteiger charge is 2.11. The highest BCUT2D eigenvalue weighted by molar-refractivity contribution is 9.09. The van der Waals surface area contributed by atoms with Crippen molar-refractivity contribution in [3.8, 4) is 0 Å². The Balaban J connectivity index is 2.16. The monoisotopic (exact) mass is 304 g/mol. The van der Waals surface area contributed by atoms with E-state index in [9.17, 15) is 0 Å². The molecule has 2 atom stereocenters. The summed E-state index contributed by atoms with van der Waals surface area (Å²) in [7, 11) is 0. The van der Waals surface area contributed by atoms with Gasteiger partial charge >= 0.3 is 0 Å². The van der Waals surface area contributed by atoms with Crippen LogP contribution in [0.4, 0.5) is 0 Å². The van der Waals surface area contributed by atoms with Crippen molar-refractivity contribution in [2.75, 3.05) is 0 Å². The minimum Gasteiger partial charge on any atom is -0.0887 e. The van der Waals surface area contributed by atoms with E-state index in [2.05, 4.69) is 72.2 Å².